The summed E-state index contributed by atoms with van der Waals surface area (Å²) in [6.07, 6.45) is 0. The average molecular weight is 441 g/mol. The molecule has 3 aromatic carbocycles. The minimum absolute atomic E-state index is 0.217. The van der Waals surface area contributed by atoms with Gasteiger partial charge in [0, 0.05) is 38.3 Å². The van der Waals surface area contributed by atoms with Crippen LogP contribution in [0.3, 0.4) is 0 Å². The fraction of sp³-hybridized carbons (Fsp3) is 0.238. The van der Waals surface area contributed by atoms with Crippen molar-refractivity contribution in [3.63, 3.8) is 0 Å². The maximum atomic E-state index is 13.2. The molecule has 0 bridgehead atoms. The SMILES string of the molecule is O=S(=O)(c1cccc2nsnc12)N1CCN(Cc2c(O)ccc3ccccc23)CC1. The number of phenols is 1. The molecule has 4 aromatic rings. The molecule has 1 aliphatic rings. The van der Waals surface area contributed by atoms with Gasteiger partial charge in [0.2, 0.25) is 10.0 Å². The predicted octanol–water partition coefficient (Wildman–Crippen LogP) is 3.06. The van der Waals surface area contributed by atoms with E-state index >= 15 is 0 Å². The Balaban J connectivity index is 1.35. The molecule has 0 saturated carbocycles. The van der Waals surface area contributed by atoms with Gasteiger partial charge in [0.05, 0.1) is 11.7 Å². The third kappa shape index (κ3) is 3.33. The lowest BCUT2D eigenvalue weighted by Gasteiger charge is -2.34. The molecule has 2 heterocycles. The number of aromatic nitrogens is 2. The number of hydrogen-bond acceptors (Lipinski definition) is 7. The normalized spacial score (nSPS) is 16.4. The van der Waals surface area contributed by atoms with E-state index in [1.165, 1.54) is 4.31 Å². The van der Waals surface area contributed by atoms with E-state index in [1.54, 1.807) is 24.3 Å². The molecule has 1 fully saturated rings. The van der Waals surface area contributed by atoms with E-state index in [-0.39, 0.29) is 10.6 Å². The van der Waals surface area contributed by atoms with Gasteiger partial charge in [0.15, 0.2) is 0 Å². The van der Waals surface area contributed by atoms with E-state index in [0.29, 0.717) is 43.8 Å². The second kappa shape index (κ2) is 7.59. The molecule has 1 saturated heterocycles. The van der Waals surface area contributed by atoms with Crippen LogP contribution >= 0.6 is 11.7 Å². The number of phenolic OH excluding ortho intramolecular Hbond substituents is 1. The Labute approximate surface area is 178 Å². The topological polar surface area (TPSA) is 86.6 Å². The molecule has 0 aliphatic carbocycles. The van der Waals surface area contributed by atoms with Crippen LogP contribution in [0.15, 0.2) is 59.5 Å². The number of piperazine rings is 1. The zero-order valence-electron chi connectivity index (χ0n) is 16.1. The summed E-state index contributed by atoms with van der Waals surface area (Å²) in [6.45, 7) is 2.54. The summed E-state index contributed by atoms with van der Waals surface area (Å²) in [5, 5.41) is 12.5. The summed E-state index contributed by atoms with van der Waals surface area (Å²) < 4.78 is 36.2. The van der Waals surface area contributed by atoms with Crippen molar-refractivity contribution in [2.75, 3.05) is 26.2 Å². The summed E-state index contributed by atoms with van der Waals surface area (Å²) in [5.41, 5.74) is 1.92. The van der Waals surface area contributed by atoms with E-state index in [9.17, 15) is 13.5 Å². The third-order valence-corrected chi connectivity index (χ3v) is 8.07. The van der Waals surface area contributed by atoms with Gasteiger partial charge in [0.1, 0.15) is 21.7 Å². The second-order valence-electron chi connectivity index (χ2n) is 7.35. The van der Waals surface area contributed by atoms with Crippen LogP contribution in [-0.2, 0) is 16.6 Å². The second-order valence-corrected chi connectivity index (χ2v) is 9.79. The monoisotopic (exact) mass is 440 g/mol. The van der Waals surface area contributed by atoms with Crippen LogP contribution < -0.4 is 0 Å². The fourth-order valence-electron chi connectivity index (χ4n) is 3.97. The Hall–Kier alpha value is -2.59. The van der Waals surface area contributed by atoms with Gasteiger partial charge in [-0.25, -0.2) is 8.42 Å². The number of fused-ring (bicyclic) bond motifs is 2. The molecule has 9 heteroatoms. The van der Waals surface area contributed by atoms with Crippen LogP contribution in [0, 0.1) is 0 Å². The standard InChI is InChI=1S/C21H20N4O3S2/c26-19-9-8-15-4-1-2-5-16(15)17(19)14-24-10-12-25(13-11-24)30(27,28)20-7-3-6-18-21(20)23-29-22-18/h1-9,26H,10-14H2. The van der Waals surface area contributed by atoms with E-state index in [2.05, 4.69) is 13.6 Å². The number of rotatable bonds is 4. The van der Waals surface area contributed by atoms with Crippen molar-refractivity contribution in [1.29, 1.82) is 0 Å². The van der Waals surface area contributed by atoms with E-state index in [4.69, 9.17) is 0 Å². The van der Waals surface area contributed by atoms with Gasteiger partial charge < -0.3 is 5.11 Å². The van der Waals surface area contributed by atoms with Gasteiger partial charge in [-0.05, 0) is 29.0 Å². The molecule has 1 aromatic heterocycles. The zero-order valence-corrected chi connectivity index (χ0v) is 17.7. The lowest BCUT2D eigenvalue weighted by Crippen LogP contribution is -2.48. The first kappa shape index (κ1) is 19.4. The van der Waals surface area contributed by atoms with E-state index in [1.807, 2.05) is 30.3 Å². The fourth-order valence-corrected chi connectivity index (χ4v) is 6.15. The van der Waals surface area contributed by atoms with Gasteiger partial charge in [-0.15, -0.1) is 0 Å². The predicted molar refractivity (Wildman–Crippen MR) is 117 cm³/mol. The van der Waals surface area contributed by atoms with Crippen molar-refractivity contribution in [3.8, 4) is 5.75 Å². The quantitative estimate of drug-likeness (QED) is 0.525. The molecule has 30 heavy (non-hydrogen) atoms. The van der Waals surface area contributed by atoms with Crippen molar-refractivity contribution in [2.45, 2.75) is 11.4 Å². The number of benzene rings is 3. The molecule has 0 spiro atoms. The Morgan fingerprint density at radius 1 is 0.933 bits per heavy atom. The van der Waals surface area contributed by atoms with Gasteiger partial charge in [-0.2, -0.15) is 13.1 Å². The lowest BCUT2D eigenvalue weighted by molar-refractivity contribution is 0.181. The van der Waals surface area contributed by atoms with Crippen molar-refractivity contribution in [2.24, 2.45) is 0 Å². The highest BCUT2D eigenvalue weighted by atomic mass is 32.2. The molecular formula is C21H20N4O3S2. The Morgan fingerprint density at radius 2 is 1.73 bits per heavy atom. The van der Waals surface area contributed by atoms with Crippen molar-refractivity contribution in [3.05, 3.63) is 60.2 Å². The molecule has 7 nitrogen and oxygen atoms in total. The highest BCUT2D eigenvalue weighted by molar-refractivity contribution is 7.89. The first-order valence-corrected chi connectivity index (χ1v) is 11.8. The van der Waals surface area contributed by atoms with Crippen LogP contribution in [-0.4, -0.2) is 57.7 Å². The van der Waals surface area contributed by atoms with Gasteiger partial charge in [0.25, 0.3) is 0 Å². The smallest absolute Gasteiger partial charge is 0.245 e. The summed E-state index contributed by atoms with van der Waals surface area (Å²) in [7, 11) is -3.64. The van der Waals surface area contributed by atoms with Gasteiger partial charge in [-0.1, -0.05) is 36.4 Å². The molecular weight excluding hydrogens is 420 g/mol. The van der Waals surface area contributed by atoms with Crippen LogP contribution in [0.5, 0.6) is 5.75 Å². The van der Waals surface area contributed by atoms with Crippen molar-refractivity contribution >= 4 is 43.6 Å². The summed E-state index contributed by atoms with van der Waals surface area (Å²) >= 11 is 1.02. The maximum Gasteiger partial charge on any atom is 0.245 e. The molecule has 0 amide bonds. The molecule has 0 radical (unpaired) electrons. The van der Waals surface area contributed by atoms with Crippen molar-refractivity contribution in [1.82, 2.24) is 18.0 Å². The number of hydrogen-bond donors (Lipinski definition) is 1. The van der Waals surface area contributed by atoms with E-state index in [0.717, 1.165) is 28.1 Å². The molecule has 0 unspecified atom stereocenters. The lowest BCUT2D eigenvalue weighted by atomic mass is 10.0. The molecule has 154 valence electrons. The molecule has 5 rings (SSSR count). The minimum atomic E-state index is -3.64. The largest absolute Gasteiger partial charge is 0.508 e. The van der Waals surface area contributed by atoms with Gasteiger partial charge in [-0.3, -0.25) is 4.90 Å². The zero-order chi connectivity index (χ0) is 20.7. The number of sulfonamides is 1. The van der Waals surface area contributed by atoms with Crippen LogP contribution in [0.4, 0.5) is 0 Å². The minimum Gasteiger partial charge on any atom is -0.508 e. The van der Waals surface area contributed by atoms with Crippen LogP contribution in [0.25, 0.3) is 21.8 Å². The average Bonchev–Trinajstić information content (AvgIpc) is 3.25. The first-order valence-electron chi connectivity index (χ1n) is 9.67. The highest BCUT2D eigenvalue weighted by Gasteiger charge is 2.31. The van der Waals surface area contributed by atoms with E-state index < -0.39 is 10.0 Å². The molecule has 0 atom stereocenters. The Bertz CT molecular complexity index is 1330. The third-order valence-electron chi connectivity index (χ3n) is 5.60. The number of aromatic hydroxyl groups is 1. The summed E-state index contributed by atoms with van der Waals surface area (Å²) in [6, 6.07) is 16.7. The summed E-state index contributed by atoms with van der Waals surface area (Å²) in [5.74, 6) is 0.270. The molecule has 1 N–H and O–H groups in total. The first-order chi connectivity index (χ1) is 14.5. The molecule has 1 aliphatic heterocycles. The maximum absolute atomic E-state index is 13.2. The Morgan fingerprint density at radius 3 is 2.57 bits per heavy atom. The van der Waals surface area contributed by atoms with Crippen molar-refractivity contribution < 1.29 is 13.5 Å². The summed E-state index contributed by atoms with van der Waals surface area (Å²) in [4.78, 5) is 2.40. The number of nitrogens with zero attached hydrogens (tertiary/aromatic N) is 4. The van der Waals surface area contributed by atoms with Crippen LogP contribution in [0.2, 0.25) is 0 Å². The Kier molecular flexibility index (Phi) is 4.90. The van der Waals surface area contributed by atoms with Crippen LogP contribution in [0.1, 0.15) is 5.56 Å². The highest BCUT2D eigenvalue weighted by Crippen LogP contribution is 2.29. The van der Waals surface area contributed by atoms with Gasteiger partial charge >= 0.3 is 0 Å².